The van der Waals surface area contributed by atoms with Crippen molar-refractivity contribution in [2.24, 2.45) is 0 Å². The molecule has 0 aromatic carbocycles. The predicted molar refractivity (Wildman–Crippen MR) is 79.2 cm³/mol. The third-order valence-electron chi connectivity index (χ3n) is 2.86. The number of nitrogens with one attached hydrogen (secondary N) is 1. The summed E-state index contributed by atoms with van der Waals surface area (Å²) in [7, 11) is 1.29. The van der Waals surface area contributed by atoms with E-state index in [1.54, 1.807) is 6.92 Å². The van der Waals surface area contributed by atoms with Crippen molar-refractivity contribution in [3.05, 3.63) is 15.7 Å². The van der Waals surface area contributed by atoms with Gasteiger partial charge in [-0.1, -0.05) is 0 Å². The molecule has 1 unspecified atom stereocenters. The topological polar surface area (TPSA) is 101 Å². The zero-order valence-electron chi connectivity index (χ0n) is 11.4. The van der Waals surface area contributed by atoms with Gasteiger partial charge in [-0.15, -0.1) is 11.3 Å². The summed E-state index contributed by atoms with van der Waals surface area (Å²) >= 11 is 6.97. The molecule has 112 valence electrons. The second kappa shape index (κ2) is 5.82. The van der Waals surface area contributed by atoms with E-state index in [1.165, 1.54) is 14.0 Å². The maximum absolute atomic E-state index is 11.7. The summed E-state index contributed by atoms with van der Waals surface area (Å²) in [6.45, 7) is 3.20. The largest absolute Gasteiger partial charge is 0.480 e. The number of aromatic nitrogens is 2. The number of aliphatic carboxylic acids is 1. The Hall–Kier alpha value is -1.93. The van der Waals surface area contributed by atoms with Gasteiger partial charge >= 0.3 is 11.9 Å². The minimum atomic E-state index is -1.03. The van der Waals surface area contributed by atoms with Gasteiger partial charge in [-0.25, -0.2) is 14.8 Å². The Morgan fingerprint density at radius 1 is 1.43 bits per heavy atom. The Labute approximate surface area is 128 Å². The van der Waals surface area contributed by atoms with Crippen molar-refractivity contribution >= 4 is 50.9 Å². The number of hydrogen-bond donors (Lipinski definition) is 2. The molecule has 2 heterocycles. The van der Waals surface area contributed by atoms with Crippen molar-refractivity contribution in [1.82, 2.24) is 9.97 Å². The number of carboxylic acids is 1. The lowest BCUT2D eigenvalue weighted by Crippen LogP contribution is -2.26. The standard InChI is InChI=1S/C12H12ClN3O4S/c1-4-6-8(14-5(2)10(17)18)15-12(13)16-9(6)21-7(4)11(19)20-3/h5H,1-3H3,(H,17,18)(H,14,15,16). The Morgan fingerprint density at radius 3 is 2.67 bits per heavy atom. The highest BCUT2D eigenvalue weighted by Gasteiger charge is 2.22. The summed E-state index contributed by atoms with van der Waals surface area (Å²) in [5.41, 5.74) is 0.624. The van der Waals surface area contributed by atoms with E-state index in [0.29, 0.717) is 20.7 Å². The zero-order chi connectivity index (χ0) is 15.7. The lowest BCUT2D eigenvalue weighted by atomic mass is 10.2. The van der Waals surface area contributed by atoms with E-state index in [0.717, 1.165) is 11.3 Å². The van der Waals surface area contributed by atoms with E-state index < -0.39 is 18.0 Å². The lowest BCUT2D eigenvalue weighted by Gasteiger charge is -2.11. The molecule has 2 N–H and O–H groups in total. The number of methoxy groups -OCH3 is 1. The Kier molecular flexibility index (Phi) is 4.29. The molecule has 0 saturated carbocycles. The van der Waals surface area contributed by atoms with Crippen molar-refractivity contribution in [3.8, 4) is 0 Å². The highest BCUT2D eigenvalue weighted by atomic mass is 35.5. The molecule has 0 aliphatic rings. The van der Waals surface area contributed by atoms with Gasteiger partial charge in [0.05, 0.1) is 12.5 Å². The number of thiophene rings is 1. The molecule has 0 saturated heterocycles. The molecule has 2 aromatic heterocycles. The number of esters is 1. The van der Waals surface area contributed by atoms with Crippen LogP contribution in [0.3, 0.4) is 0 Å². The molecule has 0 fully saturated rings. The van der Waals surface area contributed by atoms with E-state index in [1.807, 2.05) is 0 Å². The third kappa shape index (κ3) is 2.91. The molecule has 0 bridgehead atoms. The number of nitrogens with zero attached hydrogens (tertiary/aromatic N) is 2. The van der Waals surface area contributed by atoms with Gasteiger partial charge in [0, 0.05) is 0 Å². The SMILES string of the molecule is COC(=O)c1sc2nc(Cl)nc(NC(C)C(=O)O)c2c1C. The summed E-state index contributed by atoms with van der Waals surface area (Å²) in [5, 5.41) is 12.3. The van der Waals surface area contributed by atoms with E-state index in [-0.39, 0.29) is 11.1 Å². The first kappa shape index (κ1) is 15.5. The molecule has 1 atom stereocenters. The number of halogens is 1. The van der Waals surface area contributed by atoms with Crippen molar-refractivity contribution < 1.29 is 19.4 Å². The average molecular weight is 330 g/mol. The van der Waals surface area contributed by atoms with Crippen LogP contribution in [0.15, 0.2) is 0 Å². The second-order valence-corrected chi connectivity index (χ2v) is 5.61. The minimum Gasteiger partial charge on any atom is -0.480 e. The number of fused-ring (bicyclic) bond motifs is 1. The van der Waals surface area contributed by atoms with Gasteiger partial charge in [0.1, 0.15) is 21.6 Å². The number of carbonyl (C=O) groups is 2. The number of anilines is 1. The van der Waals surface area contributed by atoms with Crippen LogP contribution < -0.4 is 5.32 Å². The number of rotatable bonds is 4. The molecule has 0 amide bonds. The van der Waals surface area contributed by atoms with Gasteiger partial charge in [-0.3, -0.25) is 4.79 Å². The Bertz CT molecular complexity index is 731. The first-order chi connectivity index (χ1) is 9.85. The number of carbonyl (C=O) groups excluding carboxylic acids is 1. The van der Waals surface area contributed by atoms with Gasteiger partial charge in [0.25, 0.3) is 0 Å². The van der Waals surface area contributed by atoms with E-state index in [9.17, 15) is 9.59 Å². The number of carboxylic acid groups (broad SMARTS) is 1. The molecule has 0 spiro atoms. The van der Waals surface area contributed by atoms with Crippen LogP contribution >= 0.6 is 22.9 Å². The van der Waals surface area contributed by atoms with Crippen LogP contribution in [0.25, 0.3) is 10.2 Å². The van der Waals surface area contributed by atoms with Gasteiger partial charge in [-0.05, 0) is 31.0 Å². The second-order valence-electron chi connectivity index (χ2n) is 4.27. The van der Waals surface area contributed by atoms with Crippen molar-refractivity contribution in [2.45, 2.75) is 19.9 Å². The predicted octanol–water partition coefficient (Wildman–Crippen LogP) is 2.32. The van der Waals surface area contributed by atoms with Crippen LogP contribution in [0.1, 0.15) is 22.2 Å². The van der Waals surface area contributed by atoms with E-state index in [2.05, 4.69) is 15.3 Å². The summed E-state index contributed by atoms with van der Waals surface area (Å²) in [5.74, 6) is -1.23. The molecule has 0 aliphatic carbocycles. The normalized spacial score (nSPS) is 12.2. The fourth-order valence-electron chi connectivity index (χ4n) is 1.77. The van der Waals surface area contributed by atoms with Crippen LogP contribution in [-0.4, -0.2) is 40.2 Å². The number of ether oxygens (including phenoxy) is 1. The summed E-state index contributed by atoms with van der Waals surface area (Å²) in [6.07, 6.45) is 0. The minimum absolute atomic E-state index is 0.0275. The van der Waals surface area contributed by atoms with Crippen LogP contribution in [0.5, 0.6) is 0 Å². The fourth-order valence-corrected chi connectivity index (χ4v) is 3.09. The highest BCUT2D eigenvalue weighted by Crippen LogP contribution is 2.35. The molecule has 7 nitrogen and oxygen atoms in total. The summed E-state index contributed by atoms with van der Waals surface area (Å²) in [4.78, 5) is 31.6. The van der Waals surface area contributed by atoms with Gasteiger partial charge in [0.15, 0.2) is 0 Å². The zero-order valence-corrected chi connectivity index (χ0v) is 13.0. The van der Waals surface area contributed by atoms with E-state index in [4.69, 9.17) is 21.4 Å². The first-order valence-corrected chi connectivity index (χ1v) is 7.09. The molecule has 9 heteroatoms. The third-order valence-corrected chi connectivity index (χ3v) is 4.19. The molecule has 2 aromatic rings. The van der Waals surface area contributed by atoms with Gasteiger partial charge < -0.3 is 15.2 Å². The van der Waals surface area contributed by atoms with Crippen molar-refractivity contribution in [2.75, 3.05) is 12.4 Å². The molecule has 2 rings (SSSR count). The van der Waals surface area contributed by atoms with E-state index >= 15 is 0 Å². The molecular weight excluding hydrogens is 318 g/mol. The smallest absolute Gasteiger partial charge is 0.348 e. The van der Waals surface area contributed by atoms with Gasteiger partial charge in [0.2, 0.25) is 5.28 Å². The van der Waals surface area contributed by atoms with Crippen LogP contribution in [-0.2, 0) is 9.53 Å². The maximum atomic E-state index is 11.7. The monoisotopic (exact) mass is 329 g/mol. The Balaban J connectivity index is 2.62. The quantitative estimate of drug-likeness (QED) is 0.655. The number of hydrogen-bond acceptors (Lipinski definition) is 7. The molecule has 0 aliphatic heterocycles. The maximum Gasteiger partial charge on any atom is 0.348 e. The molecular formula is C12H12ClN3O4S. The van der Waals surface area contributed by atoms with Crippen LogP contribution in [0, 0.1) is 6.92 Å². The average Bonchev–Trinajstić information content (AvgIpc) is 2.74. The number of aryl methyl sites for hydroxylation is 1. The Morgan fingerprint density at radius 2 is 2.10 bits per heavy atom. The van der Waals surface area contributed by atoms with Crippen LogP contribution in [0.4, 0.5) is 5.82 Å². The highest BCUT2D eigenvalue weighted by molar-refractivity contribution is 7.20. The van der Waals surface area contributed by atoms with Crippen molar-refractivity contribution in [3.63, 3.8) is 0 Å². The molecule has 21 heavy (non-hydrogen) atoms. The summed E-state index contributed by atoms with van der Waals surface area (Å²) < 4.78 is 4.71. The first-order valence-electron chi connectivity index (χ1n) is 5.89. The van der Waals surface area contributed by atoms with Crippen molar-refractivity contribution in [1.29, 1.82) is 0 Å². The summed E-state index contributed by atoms with van der Waals surface area (Å²) in [6, 6.07) is -0.861. The van der Waals surface area contributed by atoms with Crippen LogP contribution in [0.2, 0.25) is 5.28 Å². The molecule has 0 radical (unpaired) electrons. The lowest BCUT2D eigenvalue weighted by molar-refractivity contribution is -0.137. The van der Waals surface area contributed by atoms with Gasteiger partial charge in [-0.2, -0.15) is 0 Å². The fraction of sp³-hybridized carbons (Fsp3) is 0.333.